The summed E-state index contributed by atoms with van der Waals surface area (Å²) in [4.78, 5) is 0. The number of hydrogen-bond donors (Lipinski definition) is 2. The number of nitrogen functional groups attached to an aromatic ring is 1. The Morgan fingerprint density at radius 2 is 1.94 bits per heavy atom. The van der Waals surface area contributed by atoms with Crippen molar-refractivity contribution >= 4 is 5.82 Å². The molecule has 1 aromatic carbocycles. The quantitative estimate of drug-likeness (QED) is 0.827. The van der Waals surface area contributed by atoms with Crippen molar-refractivity contribution in [3.8, 4) is 11.1 Å². The molecule has 0 bridgehead atoms. The summed E-state index contributed by atoms with van der Waals surface area (Å²) >= 11 is 0. The van der Waals surface area contributed by atoms with Crippen molar-refractivity contribution in [3.63, 3.8) is 0 Å². The molecule has 1 aliphatic rings. The average Bonchev–Trinajstić information content (AvgIpc) is 2.60. The van der Waals surface area contributed by atoms with E-state index in [2.05, 4.69) is 41.4 Å². The summed E-state index contributed by atoms with van der Waals surface area (Å²) in [6, 6.07) is 8.48. The second kappa shape index (κ2) is 3.91. The molecule has 2 aromatic rings. The molecule has 0 amide bonds. The fraction of sp³-hybridized carbons (Fsp3) is 0.357. The van der Waals surface area contributed by atoms with Crippen molar-refractivity contribution in [3.05, 3.63) is 35.5 Å². The maximum absolute atomic E-state index is 5.99. The van der Waals surface area contributed by atoms with E-state index >= 15 is 0 Å². The van der Waals surface area contributed by atoms with Gasteiger partial charge in [0, 0.05) is 17.2 Å². The minimum Gasteiger partial charge on any atom is -0.382 e. The fourth-order valence-corrected chi connectivity index (χ4v) is 2.39. The summed E-state index contributed by atoms with van der Waals surface area (Å²) < 4.78 is 0. The zero-order valence-electron chi connectivity index (χ0n) is 10.0. The number of aryl methyl sites for hydroxylation is 1. The Bertz CT molecular complexity index is 521. The highest BCUT2D eigenvalue weighted by atomic mass is 15.2. The molecule has 3 N–H and O–H groups in total. The molecule has 3 nitrogen and oxygen atoms in total. The SMILES string of the molecule is Cc1ccc(-c2c(N)n[nH]c2C2CCC2)cc1. The molecule has 0 radical (unpaired) electrons. The van der Waals surface area contributed by atoms with Gasteiger partial charge in [-0.2, -0.15) is 5.10 Å². The summed E-state index contributed by atoms with van der Waals surface area (Å²) in [6.45, 7) is 2.09. The summed E-state index contributed by atoms with van der Waals surface area (Å²) in [5, 5.41) is 7.29. The molecule has 0 saturated heterocycles. The Morgan fingerprint density at radius 1 is 1.24 bits per heavy atom. The van der Waals surface area contributed by atoms with Crippen LogP contribution in [0.25, 0.3) is 11.1 Å². The highest BCUT2D eigenvalue weighted by Gasteiger charge is 2.26. The molecule has 0 unspecified atom stereocenters. The van der Waals surface area contributed by atoms with Crippen LogP contribution < -0.4 is 5.73 Å². The molecule has 0 spiro atoms. The van der Waals surface area contributed by atoms with Gasteiger partial charge in [-0.3, -0.25) is 5.10 Å². The number of hydrogen-bond acceptors (Lipinski definition) is 2. The zero-order chi connectivity index (χ0) is 11.8. The highest BCUT2D eigenvalue weighted by Crippen LogP contribution is 2.41. The van der Waals surface area contributed by atoms with Crippen molar-refractivity contribution in [2.45, 2.75) is 32.1 Å². The first kappa shape index (κ1) is 10.4. The van der Waals surface area contributed by atoms with Crippen LogP contribution in [-0.2, 0) is 0 Å². The van der Waals surface area contributed by atoms with E-state index in [1.165, 1.54) is 36.1 Å². The van der Waals surface area contributed by atoms with Crippen LogP contribution in [0.4, 0.5) is 5.82 Å². The summed E-state index contributed by atoms with van der Waals surface area (Å²) in [7, 11) is 0. The number of anilines is 1. The van der Waals surface area contributed by atoms with Crippen molar-refractivity contribution in [2.75, 3.05) is 5.73 Å². The fourth-order valence-electron chi connectivity index (χ4n) is 2.39. The van der Waals surface area contributed by atoms with Crippen LogP contribution in [0.15, 0.2) is 24.3 Å². The van der Waals surface area contributed by atoms with Crippen LogP contribution >= 0.6 is 0 Å². The second-order valence-corrected chi connectivity index (χ2v) is 4.89. The molecule has 3 heteroatoms. The minimum atomic E-state index is 0.621. The molecule has 0 atom stereocenters. The van der Waals surface area contributed by atoms with E-state index < -0.39 is 0 Å². The van der Waals surface area contributed by atoms with Gasteiger partial charge in [0.15, 0.2) is 5.82 Å². The normalized spacial score (nSPS) is 15.8. The lowest BCUT2D eigenvalue weighted by Gasteiger charge is -2.25. The number of nitrogens with one attached hydrogen (secondary N) is 1. The predicted molar refractivity (Wildman–Crippen MR) is 69.8 cm³/mol. The molecule has 1 saturated carbocycles. The Hall–Kier alpha value is -1.77. The first-order valence-electron chi connectivity index (χ1n) is 6.16. The van der Waals surface area contributed by atoms with Crippen LogP contribution in [0.2, 0.25) is 0 Å². The summed E-state index contributed by atoms with van der Waals surface area (Å²) in [5.74, 6) is 1.24. The summed E-state index contributed by atoms with van der Waals surface area (Å²) in [6.07, 6.45) is 3.82. The van der Waals surface area contributed by atoms with Crippen molar-refractivity contribution < 1.29 is 0 Å². The van der Waals surface area contributed by atoms with Gasteiger partial charge in [0.1, 0.15) is 0 Å². The molecular formula is C14H17N3. The lowest BCUT2D eigenvalue weighted by atomic mass is 9.80. The van der Waals surface area contributed by atoms with Gasteiger partial charge in [0.2, 0.25) is 0 Å². The number of aromatic amines is 1. The highest BCUT2D eigenvalue weighted by molar-refractivity contribution is 5.76. The maximum Gasteiger partial charge on any atom is 0.153 e. The topological polar surface area (TPSA) is 54.7 Å². The molecule has 88 valence electrons. The van der Waals surface area contributed by atoms with Gasteiger partial charge in [0.05, 0.1) is 0 Å². The van der Waals surface area contributed by atoms with E-state index in [-0.39, 0.29) is 0 Å². The third-order valence-corrected chi connectivity index (χ3v) is 3.68. The number of rotatable bonds is 2. The molecule has 1 heterocycles. The Kier molecular flexibility index (Phi) is 2.39. The van der Waals surface area contributed by atoms with Crippen molar-refractivity contribution in [2.24, 2.45) is 0 Å². The van der Waals surface area contributed by atoms with Gasteiger partial charge in [-0.1, -0.05) is 36.2 Å². The Morgan fingerprint density at radius 3 is 2.53 bits per heavy atom. The summed E-state index contributed by atoms with van der Waals surface area (Å²) in [5.41, 5.74) is 10.7. The van der Waals surface area contributed by atoms with E-state index in [4.69, 9.17) is 5.73 Å². The van der Waals surface area contributed by atoms with E-state index in [1.807, 2.05) is 0 Å². The maximum atomic E-state index is 5.99. The van der Waals surface area contributed by atoms with Crippen molar-refractivity contribution in [1.82, 2.24) is 10.2 Å². The lowest BCUT2D eigenvalue weighted by molar-refractivity contribution is 0.411. The van der Waals surface area contributed by atoms with E-state index in [9.17, 15) is 0 Å². The third kappa shape index (κ3) is 1.71. The predicted octanol–water partition coefficient (Wildman–Crippen LogP) is 3.23. The van der Waals surface area contributed by atoms with Gasteiger partial charge in [0.25, 0.3) is 0 Å². The lowest BCUT2D eigenvalue weighted by Crippen LogP contribution is -2.10. The van der Waals surface area contributed by atoms with E-state index in [0.717, 1.165) is 5.56 Å². The number of benzene rings is 1. The third-order valence-electron chi connectivity index (χ3n) is 3.68. The molecule has 1 fully saturated rings. The molecule has 1 aromatic heterocycles. The second-order valence-electron chi connectivity index (χ2n) is 4.89. The minimum absolute atomic E-state index is 0.621. The van der Waals surface area contributed by atoms with Gasteiger partial charge < -0.3 is 5.73 Å². The largest absolute Gasteiger partial charge is 0.382 e. The van der Waals surface area contributed by atoms with E-state index in [1.54, 1.807) is 0 Å². The van der Waals surface area contributed by atoms with Crippen LogP contribution in [0.5, 0.6) is 0 Å². The molecular weight excluding hydrogens is 210 g/mol. The van der Waals surface area contributed by atoms with Crippen LogP contribution in [0.3, 0.4) is 0 Å². The zero-order valence-corrected chi connectivity index (χ0v) is 10.0. The van der Waals surface area contributed by atoms with Gasteiger partial charge in [-0.25, -0.2) is 0 Å². The van der Waals surface area contributed by atoms with Gasteiger partial charge in [-0.05, 0) is 25.3 Å². The smallest absolute Gasteiger partial charge is 0.153 e. The van der Waals surface area contributed by atoms with Gasteiger partial charge >= 0.3 is 0 Å². The number of aromatic nitrogens is 2. The van der Waals surface area contributed by atoms with Gasteiger partial charge in [-0.15, -0.1) is 0 Å². The average molecular weight is 227 g/mol. The van der Waals surface area contributed by atoms with Crippen LogP contribution in [0.1, 0.15) is 36.4 Å². The number of H-pyrrole nitrogens is 1. The molecule has 1 aliphatic carbocycles. The number of nitrogens with zero attached hydrogens (tertiary/aromatic N) is 1. The Balaban J connectivity index is 2.06. The van der Waals surface area contributed by atoms with Crippen LogP contribution in [-0.4, -0.2) is 10.2 Å². The van der Waals surface area contributed by atoms with Crippen LogP contribution in [0, 0.1) is 6.92 Å². The number of nitrogens with two attached hydrogens (primary N) is 1. The molecule has 3 rings (SSSR count). The monoisotopic (exact) mass is 227 g/mol. The molecule has 0 aliphatic heterocycles. The van der Waals surface area contributed by atoms with E-state index in [0.29, 0.717) is 11.7 Å². The molecule has 17 heavy (non-hydrogen) atoms. The standard InChI is InChI=1S/C14H17N3/c1-9-5-7-10(8-6-9)12-13(11-3-2-4-11)16-17-14(12)15/h5-8,11H,2-4H2,1H3,(H3,15,16,17). The first-order valence-corrected chi connectivity index (χ1v) is 6.16. The Labute approximate surface area is 101 Å². The first-order chi connectivity index (χ1) is 8.25. The van der Waals surface area contributed by atoms with Crippen molar-refractivity contribution in [1.29, 1.82) is 0 Å².